The van der Waals surface area contributed by atoms with Crippen LogP contribution in [0.25, 0.3) is 0 Å². The number of hydrogen-bond donors (Lipinski definition) is 1. The van der Waals surface area contributed by atoms with Crippen LogP contribution < -0.4 is 5.32 Å². The monoisotopic (exact) mass is 159 g/mol. The van der Waals surface area contributed by atoms with E-state index in [1.807, 2.05) is 0 Å². The molecule has 0 aliphatic carbocycles. The van der Waals surface area contributed by atoms with Crippen LogP contribution in [-0.4, -0.2) is 17.2 Å². The fourth-order valence-electron chi connectivity index (χ4n) is 1.17. The van der Waals surface area contributed by atoms with E-state index in [4.69, 9.17) is 0 Å². The van der Waals surface area contributed by atoms with E-state index in [0.29, 0.717) is 5.37 Å². The van der Waals surface area contributed by atoms with Crippen molar-refractivity contribution in [3.8, 4) is 0 Å². The van der Waals surface area contributed by atoms with E-state index in [2.05, 4.69) is 37.8 Å². The molecule has 0 saturated carbocycles. The van der Waals surface area contributed by atoms with Crippen LogP contribution in [0, 0.1) is 5.92 Å². The molecule has 10 heavy (non-hydrogen) atoms. The van der Waals surface area contributed by atoms with Crippen molar-refractivity contribution in [2.45, 2.75) is 38.6 Å². The van der Waals surface area contributed by atoms with Gasteiger partial charge in [0.05, 0.1) is 5.37 Å². The van der Waals surface area contributed by atoms with Crippen LogP contribution in [0.2, 0.25) is 0 Å². The quantitative estimate of drug-likeness (QED) is 0.628. The average molecular weight is 159 g/mol. The van der Waals surface area contributed by atoms with Crippen molar-refractivity contribution in [3.05, 3.63) is 0 Å². The molecule has 1 saturated heterocycles. The lowest BCUT2D eigenvalue weighted by Crippen LogP contribution is -2.41. The van der Waals surface area contributed by atoms with Crippen LogP contribution in [0.1, 0.15) is 27.2 Å². The Kier molecular flexibility index (Phi) is 3.05. The van der Waals surface area contributed by atoms with Crippen LogP contribution in [0.5, 0.6) is 0 Å². The molecule has 1 N–H and O–H groups in total. The van der Waals surface area contributed by atoms with Crippen LogP contribution in [0.15, 0.2) is 0 Å². The maximum Gasteiger partial charge on any atom is 0.0557 e. The Labute approximate surface area is 68.0 Å². The molecule has 0 aromatic rings. The lowest BCUT2D eigenvalue weighted by Gasteiger charge is -2.30. The first-order valence-electron chi connectivity index (χ1n) is 4.08. The van der Waals surface area contributed by atoms with Gasteiger partial charge in [0.15, 0.2) is 0 Å². The molecule has 0 radical (unpaired) electrons. The predicted molar refractivity (Wildman–Crippen MR) is 48.3 cm³/mol. The summed E-state index contributed by atoms with van der Waals surface area (Å²) in [4.78, 5) is 0. The topological polar surface area (TPSA) is 12.0 Å². The minimum atomic E-state index is 0.698. The Morgan fingerprint density at radius 3 is 2.60 bits per heavy atom. The molecule has 1 rings (SSSR count). The van der Waals surface area contributed by atoms with Gasteiger partial charge in [-0.1, -0.05) is 13.8 Å². The highest BCUT2D eigenvalue weighted by atomic mass is 32.2. The first-order valence-corrected chi connectivity index (χ1v) is 5.12. The zero-order valence-electron chi connectivity index (χ0n) is 7.05. The maximum atomic E-state index is 3.58. The second kappa shape index (κ2) is 3.63. The Bertz CT molecular complexity index is 103. The van der Waals surface area contributed by atoms with Crippen LogP contribution in [0.4, 0.5) is 0 Å². The number of thioether (sulfide) groups is 1. The average Bonchev–Trinajstić information content (AvgIpc) is 1.88. The third-order valence-corrected chi connectivity index (χ3v) is 3.41. The van der Waals surface area contributed by atoms with Gasteiger partial charge in [-0.05, 0) is 25.0 Å². The summed E-state index contributed by atoms with van der Waals surface area (Å²) in [6.45, 7) is 6.83. The molecule has 0 spiro atoms. The van der Waals surface area contributed by atoms with Crippen molar-refractivity contribution in [3.63, 3.8) is 0 Å². The molecule has 2 atom stereocenters. The minimum absolute atomic E-state index is 0.698. The van der Waals surface area contributed by atoms with Crippen molar-refractivity contribution in [2.24, 2.45) is 5.92 Å². The number of hydrogen-bond acceptors (Lipinski definition) is 2. The Balaban J connectivity index is 2.32. The molecule has 60 valence electrons. The van der Waals surface area contributed by atoms with Gasteiger partial charge in [-0.15, -0.1) is 11.8 Å². The highest BCUT2D eigenvalue weighted by Crippen LogP contribution is 2.23. The van der Waals surface area contributed by atoms with Crippen molar-refractivity contribution in [2.75, 3.05) is 5.75 Å². The van der Waals surface area contributed by atoms with Gasteiger partial charge in [0.1, 0.15) is 0 Å². The molecule has 1 fully saturated rings. The summed E-state index contributed by atoms with van der Waals surface area (Å²) in [6.07, 6.45) is 1.33. The van der Waals surface area contributed by atoms with E-state index >= 15 is 0 Å². The van der Waals surface area contributed by atoms with Crippen LogP contribution in [-0.2, 0) is 0 Å². The van der Waals surface area contributed by atoms with E-state index < -0.39 is 0 Å². The maximum absolute atomic E-state index is 3.58. The molecular formula is C8H17NS. The Morgan fingerprint density at radius 1 is 1.50 bits per heavy atom. The van der Waals surface area contributed by atoms with Crippen molar-refractivity contribution < 1.29 is 0 Å². The van der Waals surface area contributed by atoms with Gasteiger partial charge < -0.3 is 5.32 Å². The molecule has 0 amide bonds. The van der Waals surface area contributed by atoms with E-state index in [1.54, 1.807) is 0 Å². The summed E-state index contributed by atoms with van der Waals surface area (Å²) in [6, 6.07) is 0.730. The summed E-state index contributed by atoms with van der Waals surface area (Å²) in [5.41, 5.74) is 0. The molecule has 1 aliphatic heterocycles. The summed E-state index contributed by atoms with van der Waals surface area (Å²) >= 11 is 2.06. The molecular weight excluding hydrogens is 142 g/mol. The van der Waals surface area contributed by atoms with Gasteiger partial charge in [0, 0.05) is 6.04 Å². The van der Waals surface area contributed by atoms with Gasteiger partial charge in [-0.25, -0.2) is 0 Å². The van der Waals surface area contributed by atoms with E-state index in [9.17, 15) is 0 Å². The first-order chi connectivity index (χ1) is 4.70. The van der Waals surface area contributed by atoms with Crippen molar-refractivity contribution in [1.82, 2.24) is 5.32 Å². The molecule has 1 aliphatic rings. The van der Waals surface area contributed by atoms with Crippen molar-refractivity contribution in [1.29, 1.82) is 0 Å². The van der Waals surface area contributed by atoms with E-state index in [1.165, 1.54) is 12.2 Å². The zero-order chi connectivity index (χ0) is 7.56. The Morgan fingerprint density at radius 2 is 2.20 bits per heavy atom. The SMILES string of the molecule is CC1CCSC(C(C)C)N1. The normalized spacial score (nSPS) is 34.8. The fourth-order valence-corrected chi connectivity index (χ4v) is 2.63. The second-order valence-corrected chi connectivity index (χ2v) is 4.64. The van der Waals surface area contributed by atoms with E-state index in [0.717, 1.165) is 12.0 Å². The molecule has 0 aromatic heterocycles. The first kappa shape index (κ1) is 8.41. The molecule has 2 heteroatoms. The standard InChI is InChI=1S/C8H17NS/c1-6(2)8-9-7(3)4-5-10-8/h6-9H,4-5H2,1-3H3. The Hall–Kier alpha value is 0.310. The molecule has 2 unspecified atom stereocenters. The van der Waals surface area contributed by atoms with Gasteiger partial charge in [0.25, 0.3) is 0 Å². The lowest BCUT2D eigenvalue weighted by molar-refractivity contribution is 0.433. The summed E-state index contributed by atoms with van der Waals surface area (Å²) in [7, 11) is 0. The third-order valence-electron chi connectivity index (χ3n) is 1.90. The summed E-state index contributed by atoms with van der Waals surface area (Å²) in [5.74, 6) is 2.10. The molecule has 0 aromatic carbocycles. The highest BCUT2D eigenvalue weighted by Gasteiger charge is 2.20. The van der Waals surface area contributed by atoms with Gasteiger partial charge >= 0.3 is 0 Å². The van der Waals surface area contributed by atoms with Gasteiger partial charge in [-0.3, -0.25) is 0 Å². The second-order valence-electron chi connectivity index (χ2n) is 3.39. The number of rotatable bonds is 1. The van der Waals surface area contributed by atoms with Gasteiger partial charge in [-0.2, -0.15) is 0 Å². The van der Waals surface area contributed by atoms with E-state index in [-0.39, 0.29) is 0 Å². The zero-order valence-corrected chi connectivity index (χ0v) is 7.87. The summed E-state index contributed by atoms with van der Waals surface area (Å²) < 4.78 is 0. The summed E-state index contributed by atoms with van der Waals surface area (Å²) in [5, 5.41) is 4.28. The molecule has 0 bridgehead atoms. The largest absolute Gasteiger partial charge is 0.303 e. The van der Waals surface area contributed by atoms with Crippen LogP contribution in [0.3, 0.4) is 0 Å². The molecule has 1 heterocycles. The highest BCUT2D eigenvalue weighted by molar-refractivity contribution is 7.99. The third kappa shape index (κ3) is 2.17. The molecule has 1 nitrogen and oxygen atoms in total. The van der Waals surface area contributed by atoms with Crippen LogP contribution >= 0.6 is 11.8 Å². The van der Waals surface area contributed by atoms with Gasteiger partial charge in [0.2, 0.25) is 0 Å². The fraction of sp³-hybridized carbons (Fsp3) is 1.00. The minimum Gasteiger partial charge on any atom is -0.303 e. The lowest BCUT2D eigenvalue weighted by atomic mass is 10.2. The van der Waals surface area contributed by atoms with Crippen molar-refractivity contribution >= 4 is 11.8 Å². The smallest absolute Gasteiger partial charge is 0.0557 e. The predicted octanol–water partition coefficient (Wildman–Crippen LogP) is 2.08. The number of nitrogens with one attached hydrogen (secondary N) is 1.